The van der Waals surface area contributed by atoms with Gasteiger partial charge in [0.2, 0.25) is 0 Å². The van der Waals surface area contributed by atoms with E-state index >= 15 is 0 Å². The molecular weight excluding hydrogens is 373 g/mol. The van der Waals surface area contributed by atoms with Gasteiger partial charge < -0.3 is 10.6 Å². The van der Waals surface area contributed by atoms with Crippen molar-refractivity contribution >= 4 is 34.8 Å². The maximum absolute atomic E-state index is 12.4. The SMILES string of the molecule is C[C@@H]([NH2+]CC(=O)Nc1cc(Cl)ccc1-n1cncn1)c1ccc(Cl)cc1. The Morgan fingerprint density at radius 3 is 2.62 bits per heavy atom. The smallest absolute Gasteiger partial charge is 0.279 e. The second kappa shape index (κ2) is 8.31. The molecule has 1 aromatic heterocycles. The molecule has 0 spiro atoms. The number of carbonyl (C=O) groups excluding carboxylic acids is 1. The average molecular weight is 391 g/mol. The van der Waals surface area contributed by atoms with Gasteiger partial charge in [-0.3, -0.25) is 4.79 Å². The normalized spacial score (nSPS) is 12.0. The molecule has 0 bridgehead atoms. The first kappa shape index (κ1) is 18.4. The Kier molecular flexibility index (Phi) is 5.88. The summed E-state index contributed by atoms with van der Waals surface area (Å²) in [4.78, 5) is 16.3. The van der Waals surface area contributed by atoms with Crippen LogP contribution in [0, 0.1) is 0 Å². The molecule has 0 radical (unpaired) electrons. The fourth-order valence-corrected chi connectivity index (χ4v) is 2.83. The Labute approximate surface area is 161 Å². The van der Waals surface area contributed by atoms with E-state index in [1.54, 1.807) is 29.2 Å². The minimum atomic E-state index is -0.130. The lowest BCUT2D eigenvalue weighted by molar-refractivity contribution is -0.682. The van der Waals surface area contributed by atoms with E-state index < -0.39 is 0 Å². The van der Waals surface area contributed by atoms with Crippen molar-refractivity contribution in [2.24, 2.45) is 0 Å². The van der Waals surface area contributed by atoms with Crippen LogP contribution in [0.2, 0.25) is 10.0 Å². The van der Waals surface area contributed by atoms with Gasteiger partial charge in [-0.15, -0.1) is 0 Å². The lowest BCUT2D eigenvalue weighted by Gasteiger charge is -2.13. The molecule has 134 valence electrons. The highest BCUT2D eigenvalue weighted by Crippen LogP contribution is 2.23. The van der Waals surface area contributed by atoms with E-state index in [1.807, 2.05) is 36.5 Å². The third-order valence-corrected chi connectivity index (χ3v) is 4.44. The predicted molar refractivity (Wildman–Crippen MR) is 102 cm³/mol. The highest BCUT2D eigenvalue weighted by Gasteiger charge is 2.14. The number of anilines is 1. The van der Waals surface area contributed by atoms with Crippen molar-refractivity contribution in [3.8, 4) is 5.69 Å². The number of halogens is 2. The van der Waals surface area contributed by atoms with E-state index in [-0.39, 0.29) is 18.5 Å². The van der Waals surface area contributed by atoms with Crippen LogP contribution in [0.15, 0.2) is 55.1 Å². The second-order valence-corrected chi connectivity index (χ2v) is 6.70. The Hall–Kier alpha value is -2.41. The Morgan fingerprint density at radius 1 is 1.19 bits per heavy atom. The number of benzene rings is 2. The molecule has 0 aliphatic carbocycles. The van der Waals surface area contributed by atoms with Crippen LogP contribution in [0.3, 0.4) is 0 Å². The molecule has 0 saturated carbocycles. The highest BCUT2D eigenvalue weighted by molar-refractivity contribution is 6.31. The standard InChI is InChI=1S/C18H17Cl2N5O/c1-12(13-2-4-14(19)5-3-13)22-9-18(26)24-16-8-15(20)6-7-17(16)25-11-21-10-23-25/h2-8,10-12,22H,9H2,1H3,(H,24,26)/p+1/t12-/m1/s1. The lowest BCUT2D eigenvalue weighted by atomic mass is 10.1. The fourth-order valence-electron chi connectivity index (χ4n) is 2.53. The van der Waals surface area contributed by atoms with Crippen LogP contribution in [0.4, 0.5) is 5.69 Å². The van der Waals surface area contributed by atoms with Crippen molar-refractivity contribution < 1.29 is 10.1 Å². The zero-order valence-corrected chi connectivity index (χ0v) is 15.6. The molecule has 0 fully saturated rings. The van der Waals surface area contributed by atoms with E-state index in [4.69, 9.17) is 23.2 Å². The zero-order chi connectivity index (χ0) is 18.5. The summed E-state index contributed by atoms with van der Waals surface area (Å²) >= 11 is 12.0. The highest BCUT2D eigenvalue weighted by atomic mass is 35.5. The molecule has 0 aliphatic heterocycles. The van der Waals surface area contributed by atoms with E-state index in [9.17, 15) is 4.79 Å². The van der Waals surface area contributed by atoms with Crippen LogP contribution in [0.5, 0.6) is 0 Å². The third kappa shape index (κ3) is 4.60. The number of nitrogens with two attached hydrogens (primary N) is 1. The van der Waals surface area contributed by atoms with Gasteiger partial charge in [0.15, 0.2) is 6.54 Å². The number of quaternary nitrogens is 1. The number of aromatic nitrogens is 3. The van der Waals surface area contributed by atoms with Gasteiger partial charge in [-0.25, -0.2) is 9.67 Å². The number of rotatable bonds is 6. The molecular formula is C18H18Cl2N5O+. The summed E-state index contributed by atoms with van der Waals surface area (Å²) in [6.07, 6.45) is 3.00. The summed E-state index contributed by atoms with van der Waals surface area (Å²) in [5, 5.41) is 10.2. The molecule has 26 heavy (non-hydrogen) atoms. The molecule has 1 heterocycles. The summed E-state index contributed by atoms with van der Waals surface area (Å²) in [5.74, 6) is -0.130. The van der Waals surface area contributed by atoms with Crippen molar-refractivity contribution in [1.29, 1.82) is 0 Å². The summed E-state index contributed by atoms with van der Waals surface area (Å²) < 4.78 is 1.58. The molecule has 0 aliphatic rings. The van der Waals surface area contributed by atoms with Gasteiger partial charge in [-0.05, 0) is 37.3 Å². The van der Waals surface area contributed by atoms with Crippen molar-refractivity contribution in [1.82, 2.24) is 14.8 Å². The molecule has 1 atom stereocenters. The third-order valence-electron chi connectivity index (χ3n) is 3.95. The average Bonchev–Trinajstić information content (AvgIpc) is 3.15. The maximum atomic E-state index is 12.4. The summed E-state index contributed by atoms with van der Waals surface area (Å²) in [6.45, 7) is 2.31. The molecule has 8 heteroatoms. The first-order valence-corrected chi connectivity index (χ1v) is 8.81. The van der Waals surface area contributed by atoms with Gasteiger partial charge in [-0.1, -0.05) is 35.3 Å². The minimum Gasteiger partial charge on any atom is -0.333 e. The number of hydrogen-bond donors (Lipinski definition) is 2. The Morgan fingerprint density at radius 2 is 1.92 bits per heavy atom. The van der Waals surface area contributed by atoms with Crippen LogP contribution in [-0.2, 0) is 4.79 Å². The summed E-state index contributed by atoms with van der Waals surface area (Å²) in [7, 11) is 0. The van der Waals surface area contributed by atoms with Crippen LogP contribution in [0.25, 0.3) is 5.69 Å². The number of amides is 1. The molecule has 6 nitrogen and oxygen atoms in total. The van der Waals surface area contributed by atoms with Gasteiger partial charge in [-0.2, -0.15) is 5.10 Å². The minimum absolute atomic E-state index is 0.130. The monoisotopic (exact) mass is 390 g/mol. The summed E-state index contributed by atoms with van der Waals surface area (Å²) in [6, 6.07) is 13.0. The largest absolute Gasteiger partial charge is 0.333 e. The first-order chi connectivity index (χ1) is 12.5. The number of nitrogens with one attached hydrogen (secondary N) is 1. The Balaban J connectivity index is 1.65. The van der Waals surface area contributed by atoms with Gasteiger partial charge >= 0.3 is 0 Å². The number of hydrogen-bond acceptors (Lipinski definition) is 3. The molecule has 2 aromatic carbocycles. The van der Waals surface area contributed by atoms with Crippen molar-refractivity contribution in [3.05, 3.63) is 70.7 Å². The van der Waals surface area contributed by atoms with E-state index in [2.05, 4.69) is 15.4 Å². The molecule has 3 rings (SSSR count). The van der Waals surface area contributed by atoms with E-state index in [1.165, 1.54) is 6.33 Å². The van der Waals surface area contributed by atoms with E-state index in [0.29, 0.717) is 21.4 Å². The molecule has 3 aromatic rings. The summed E-state index contributed by atoms with van der Waals surface area (Å²) in [5.41, 5.74) is 2.39. The molecule has 1 amide bonds. The molecule has 0 unspecified atom stereocenters. The topological polar surface area (TPSA) is 76.4 Å². The maximum Gasteiger partial charge on any atom is 0.279 e. The van der Waals surface area contributed by atoms with Crippen LogP contribution in [-0.4, -0.2) is 27.2 Å². The van der Waals surface area contributed by atoms with Crippen molar-refractivity contribution in [2.75, 3.05) is 11.9 Å². The van der Waals surface area contributed by atoms with Crippen LogP contribution in [0.1, 0.15) is 18.5 Å². The number of carbonyl (C=O) groups is 1. The van der Waals surface area contributed by atoms with Gasteiger partial charge in [0.25, 0.3) is 5.91 Å². The second-order valence-electron chi connectivity index (χ2n) is 5.83. The van der Waals surface area contributed by atoms with Crippen LogP contribution < -0.4 is 10.6 Å². The fraction of sp³-hybridized carbons (Fsp3) is 0.167. The van der Waals surface area contributed by atoms with Gasteiger partial charge in [0.1, 0.15) is 18.7 Å². The van der Waals surface area contributed by atoms with Crippen molar-refractivity contribution in [2.45, 2.75) is 13.0 Å². The lowest BCUT2D eigenvalue weighted by Crippen LogP contribution is -2.86. The molecule has 3 N–H and O–H groups in total. The number of nitrogens with zero attached hydrogens (tertiary/aromatic N) is 3. The van der Waals surface area contributed by atoms with Gasteiger partial charge in [0.05, 0.1) is 11.4 Å². The first-order valence-electron chi connectivity index (χ1n) is 8.06. The van der Waals surface area contributed by atoms with E-state index in [0.717, 1.165) is 5.56 Å². The quantitative estimate of drug-likeness (QED) is 0.679. The Bertz CT molecular complexity index is 881. The molecule has 0 saturated heterocycles. The van der Waals surface area contributed by atoms with Gasteiger partial charge in [0, 0.05) is 15.6 Å². The van der Waals surface area contributed by atoms with Crippen LogP contribution >= 0.6 is 23.2 Å². The van der Waals surface area contributed by atoms with Crippen molar-refractivity contribution in [3.63, 3.8) is 0 Å². The predicted octanol–water partition coefficient (Wildman–Crippen LogP) is 2.84. The zero-order valence-electron chi connectivity index (χ0n) is 14.1.